The molecule has 0 saturated carbocycles. The van der Waals surface area contributed by atoms with Crippen molar-refractivity contribution in [2.75, 3.05) is 19.6 Å². The van der Waals surface area contributed by atoms with E-state index < -0.39 is 0 Å². The molecule has 2 aliphatic heterocycles. The van der Waals surface area contributed by atoms with Gasteiger partial charge in [-0.1, -0.05) is 12.1 Å². The van der Waals surface area contributed by atoms with Gasteiger partial charge in [-0.25, -0.2) is 4.39 Å². The zero-order chi connectivity index (χ0) is 16.5. The third-order valence-electron chi connectivity index (χ3n) is 5.30. The van der Waals surface area contributed by atoms with Gasteiger partial charge in [0.15, 0.2) is 0 Å². The van der Waals surface area contributed by atoms with Crippen molar-refractivity contribution in [2.24, 2.45) is 7.05 Å². The molecule has 1 fully saturated rings. The molecular formula is C19H25FN4. The van der Waals surface area contributed by atoms with E-state index in [0.717, 1.165) is 32.6 Å². The Morgan fingerprint density at radius 2 is 1.75 bits per heavy atom. The first-order valence-corrected chi connectivity index (χ1v) is 8.92. The number of benzene rings is 1. The maximum Gasteiger partial charge on any atom is 0.123 e. The van der Waals surface area contributed by atoms with Gasteiger partial charge in [-0.2, -0.15) is 5.10 Å². The van der Waals surface area contributed by atoms with Crippen LogP contribution in [0, 0.1) is 5.82 Å². The highest BCUT2D eigenvalue weighted by atomic mass is 19.1. The monoisotopic (exact) mass is 328 g/mol. The number of hydrogen-bond donors (Lipinski definition) is 0. The average Bonchev–Trinajstić information content (AvgIpc) is 3.19. The third kappa shape index (κ3) is 3.23. The lowest BCUT2D eigenvalue weighted by Crippen LogP contribution is -2.31. The second kappa shape index (κ2) is 6.65. The molecule has 4 nitrogen and oxygen atoms in total. The van der Waals surface area contributed by atoms with Gasteiger partial charge in [0, 0.05) is 38.8 Å². The van der Waals surface area contributed by atoms with Crippen molar-refractivity contribution < 1.29 is 4.39 Å². The van der Waals surface area contributed by atoms with Crippen LogP contribution in [0.4, 0.5) is 4.39 Å². The summed E-state index contributed by atoms with van der Waals surface area (Å²) in [6, 6.07) is 6.85. The van der Waals surface area contributed by atoms with E-state index in [1.54, 1.807) is 12.1 Å². The second-order valence-electron chi connectivity index (χ2n) is 7.07. The summed E-state index contributed by atoms with van der Waals surface area (Å²) in [4.78, 5) is 4.95. The Morgan fingerprint density at radius 3 is 2.50 bits per heavy atom. The number of likely N-dealkylation sites (tertiary alicyclic amines) is 1. The Labute approximate surface area is 142 Å². The van der Waals surface area contributed by atoms with E-state index in [1.807, 2.05) is 12.1 Å². The molecule has 0 atom stereocenters. The van der Waals surface area contributed by atoms with Crippen molar-refractivity contribution in [1.82, 2.24) is 19.6 Å². The minimum Gasteiger partial charge on any atom is -0.297 e. The van der Waals surface area contributed by atoms with Crippen molar-refractivity contribution in [1.29, 1.82) is 0 Å². The van der Waals surface area contributed by atoms with Crippen LogP contribution in [0.25, 0.3) is 0 Å². The molecule has 128 valence electrons. The Hall–Kier alpha value is -1.72. The summed E-state index contributed by atoms with van der Waals surface area (Å²) in [5, 5.41) is 4.81. The van der Waals surface area contributed by atoms with E-state index in [9.17, 15) is 4.39 Å². The Kier molecular flexibility index (Phi) is 4.37. The second-order valence-corrected chi connectivity index (χ2v) is 7.07. The van der Waals surface area contributed by atoms with Crippen molar-refractivity contribution in [3.63, 3.8) is 0 Å². The highest BCUT2D eigenvalue weighted by molar-refractivity contribution is 5.29. The smallest absolute Gasteiger partial charge is 0.123 e. The predicted octanol–water partition coefficient (Wildman–Crippen LogP) is 2.71. The van der Waals surface area contributed by atoms with Crippen LogP contribution in [0.2, 0.25) is 0 Å². The molecule has 2 aromatic rings. The summed E-state index contributed by atoms with van der Waals surface area (Å²) in [7, 11) is 2.06. The van der Waals surface area contributed by atoms with Crippen molar-refractivity contribution in [2.45, 2.75) is 38.9 Å². The summed E-state index contributed by atoms with van der Waals surface area (Å²) in [5.74, 6) is -0.169. The first-order chi connectivity index (χ1) is 11.7. The molecule has 0 unspecified atom stereocenters. The van der Waals surface area contributed by atoms with E-state index in [-0.39, 0.29) is 5.82 Å². The normalized spacial score (nSPS) is 18.9. The molecule has 3 heterocycles. The van der Waals surface area contributed by atoms with Crippen LogP contribution in [-0.4, -0.2) is 39.2 Å². The van der Waals surface area contributed by atoms with Crippen LogP contribution in [0.15, 0.2) is 24.3 Å². The third-order valence-corrected chi connectivity index (χ3v) is 5.30. The number of aryl methyl sites for hydroxylation is 1. The molecule has 0 amide bonds. The number of aromatic nitrogens is 2. The molecule has 0 bridgehead atoms. The Bertz CT molecular complexity index is 701. The fourth-order valence-electron chi connectivity index (χ4n) is 3.97. The van der Waals surface area contributed by atoms with Crippen LogP contribution >= 0.6 is 0 Å². The lowest BCUT2D eigenvalue weighted by atomic mass is 10.0. The van der Waals surface area contributed by atoms with E-state index in [0.29, 0.717) is 0 Å². The summed E-state index contributed by atoms with van der Waals surface area (Å²) < 4.78 is 15.1. The summed E-state index contributed by atoms with van der Waals surface area (Å²) in [6.07, 6.45) is 3.70. The summed E-state index contributed by atoms with van der Waals surface area (Å²) in [6.45, 7) is 6.26. The molecule has 0 spiro atoms. The van der Waals surface area contributed by atoms with Gasteiger partial charge in [0.25, 0.3) is 0 Å². The van der Waals surface area contributed by atoms with Gasteiger partial charge in [0.05, 0.1) is 11.4 Å². The fourth-order valence-corrected chi connectivity index (χ4v) is 3.97. The SMILES string of the molecule is Cn1nc(CN2CCCC2)c2c1CN(Cc1ccc(F)cc1)CC2. The van der Waals surface area contributed by atoms with Gasteiger partial charge in [-0.15, -0.1) is 0 Å². The van der Waals surface area contributed by atoms with Crippen molar-refractivity contribution in [3.8, 4) is 0 Å². The maximum absolute atomic E-state index is 13.1. The largest absolute Gasteiger partial charge is 0.297 e. The summed E-state index contributed by atoms with van der Waals surface area (Å²) in [5.41, 5.74) is 5.24. The minimum atomic E-state index is -0.169. The Balaban J connectivity index is 1.46. The van der Waals surface area contributed by atoms with Crippen LogP contribution in [0.5, 0.6) is 0 Å². The number of hydrogen-bond acceptors (Lipinski definition) is 3. The number of nitrogens with zero attached hydrogens (tertiary/aromatic N) is 4. The predicted molar refractivity (Wildman–Crippen MR) is 91.9 cm³/mol. The van der Waals surface area contributed by atoms with Crippen LogP contribution in [0.3, 0.4) is 0 Å². The van der Waals surface area contributed by atoms with E-state index in [2.05, 4.69) is 21.5 Å². The van der Waals surface area contributed by atoms with Crippen LogP contribution in [0.1, 0.15) is 35.4 Å². The molecule has 2 aliphatic rings. The van der Waals surface area contributed by atoms with E-state index >= 15 is 0 Å². The van der Waals surface area contributed by atoms with E-state index in [1.165, 1.54) is 48.4 Å². The summed E-state index contributed by atoms with van der Waals surface area (Å²) >= 11 is 0. The first kappa shape index (κ1) is 15.8. The zero-order valence-corrected chi connectivity index (χ0v) is 14.3. The molecule has 1 saturated heterocycles. The molecular weight excluding hydrogens is 303 g/mol. The van der Waals surface area contributed by atoms with Gasteiger partial charge in [-0.05, 0) is 50.0 Å². The standard InChI is InChI=1S/C19H25FN4/c1-22-19-14-24(12-15-4-6-16(20)7-5-15)11-8-17(19)18(21-22)13-23-9-2-3-10-23/h4-7H,2-3,8-14H2,1H3. The molecule has 1 aromatic heterocycles. The van der Waals surface area contributed by atoms with Crippen molar-refractivity contribution in [3.05, 3.63) is 52.6 Å². The highest BCUT2D eigenvalue weighted by Gasteiger charge is 2.25. The number of halogens is 1. The van der Waals surface area contributed by atoms with Crippen LogP contribution < -0.4 is 0 Å². The number of rotatable bonds is 4. The minimum absolute atomic E-state index is 0.169. The molecule has 5 heteroatoms. The average molecular weight is 328 g/mol. The molecule has 0 aliphatic carbocycles. The fraction of sp³-hybridized carbons (Fsp3) is 0.526. The molecule has 24 heavy (non-hydrogen) atoms. The molecule has 1 aromatic carbocycles. The Morgan fingerprint density at radius 1 is 1.00 bits per heavy atom. The van der Waals surface area contributed by atoms with E-state index in [4.69, 9.17) is 5.10 Å². The molecule has 0 radical (unpaired) electrons. The lowest BCUT2D eigenvalue weighted by molar-refractivity contribution is 0.237. The van der Waals surface area contributed by atoms with Gasteiger partial charge in [-0.3, -0.25) is 14.5 Å². The topological polar surface area (TPSA) is 24.3 Å². The van der Waals surface area contributed by atoms with Gasteiger partial charge in [0.1, 0.15) is 5.82 Å². The van der Waals surface area contributed by atoms with Gasteiger partial charge < -0.3 is 0 Å². The molecule has 4 rings (SSSR count). The number of fused-ring (bicyclic) bond motifs is 1. The zero-order valence-electron chi connectivity index (χ0n) is 14.3. The van der Waals surface area contributed by atoms with Crippen LogP contribution in [-0.2, 0) is 33.1 Å². The first-order valence-electron chi connectivity index (χ1n) is 8.92. The quantitative estimate of drug-likeness (QED) is 0.862. The highest BCUT2D eigenvalue weighted by Crippen LogP contribution is 2.25. The van der Waals surface area contributed by atoms with Gasteiger partial charge >= 0.3 is 0 Å². The maximum atomic E-state index is 13.1. The lowest BCUT2D eigenvalue weighted by Gasteiger charge is -2.27. The van der Waals surface area contributed by atoms with Crippen molar-refractivity contribution >= 4 is 0 Å². The molecule has 0 N–H and O–H groups in total. The van der Waals surface area contributed by atoms with Gasteiger partial charge in [0.2, 0.25) is 0 Å².